The third-order valence-corrected chi connectivity index (χ3v) is 12.2. The van der Waals surface area contributed by atoms with Crippen molar-refractivity contribution in [2.75, 3.05) is 0 Å². The molecule has 6 aromatic carbocycles. The van der Waals surface area contributed by atoms with Crippen LogP contribution in [0.5, 0.6) is 0 Å². The molecule has 2 fully saturated rings. The number of nitrogens with zero attached hydrogens (tertiary/aromatic N) is 5. The van der Waals surface area contributed by atoms with Crippen molar-refractivity contribution < 1.29 is 0 Å². The third-order valence-electron chi connectivity index (χ3n) is 12.2. The second kappa shape index (κ2) is 12.8. The molecular weight excluding hydrogens is 659 g/mol. The summed E-state index contributed by atoms with van der Waals surface area (Å²) in [6, 6.07) is 49.2. The summed E-state index contributed by atoms with van der Waals surface area (Å²) in [4.78, 5) is 15.2. The van der Waals surface area contributed by atoms with E-state index in [0.29, 0.717) is 23.0 Å². The van der Waals surface area contributed by atoms with Gasteiger partial charge < -0.3 is 4.57 Å². The lowest BCUT2D eigenvalue weighted by Gasteiger charge is -2.50. The smallest absolute Gasteiger partial charge is 0.164 e. The lowest BCUT2D eigenvalue weighted by molar-refractivity contribution is 0.0780. The molecule has 5 nitrogen and oxygen atoms in total. The number of rotatable bonds is 5. The molecule has 0 spiro atoms. The molecule has 0 radical (unpaired) electrons. The minimum atomic E-state index is 0.262. The van der Waals surface area contributed by atoms with E-state index in [2.05, 4.69) is 115 Å². The van der Waals surface area contributed by atoms with Crippen molar-refractivity contribution in [1.29, 1.82) is 5.26 Å². The van der Waals surface area contributed by atoms with Crippen molar-refractivity contribution in [3.05, 3.63) is 145 Å². The van der Waals surface area contributed by atoms with Crippen molar-refractivity contribution in [3.8, 4) is 45.9 Å². The molecule has 5 heteroatoms. The van der Waals surface area contributed by atoms with Crippen molar-refractivity contribution in [3.63, 3.8) is 0 Å². The number of hydrogen-bond donors (Lipinski definition) is 0. The van der Waals surface area contributed by atoms with Crippen molar-refractivity contribution >= 4 is 32.6 Å². The number of nitriles is 1. The van der Waals surface area contributed by atoms with Gasteiger partial charge in [0, 0.05) is 33.2 Å². The van der Waals surface area contributed by atoms with Crippen LogP contribution in [0.4, 0.5) is 0 Å². The minimum absolute atomic E-state index is 0.262. The molecule has 0 amide bonds. The molecule has 8 aromatic rings. The van der Waals surface area contributed by atoms with E-state index in [1.807, 2.05) is 42.5 Å². The van der Waals surface area contributed by atoms with Crippen LogP contribution >= 0.6 is 0 Å². The second-order valence-electron chi connectivity index (χ2n) is 16.1. The van der Waals surface area contributed by atoms with Crippen LogP contribution in [0, 0.1) is 29.1 Å². The number of benzene rings is 6. The van der Waals surface area contributed by atoms with Gasteiger partial charge in [-0.15, -0.1) is 0 Å². The van der Waals surface area contributed by atoms with E-state index in [1.165, 1.54) is 43.1 Å². The topological polar surface area (TPSA) is 67.4 Å². The molecule has 2 heterocycles. The van der Waals surface area contributed by atoms with Crippen molar-refractivity contribution in [2.24, 2.45) is 17.8 Å². The van der Waals surface area contributed by atoms with Crippen LogP contribution < -0.4 is 0 Å². The van der Waals surface area contributed by atoms with E-state index in [-0.39, 0.29) is 5.41 Å². The fourth-order valence-electron chi connectivity index (χ4n) is 10.2. The highest BCUT2D eigenvalue weighted by Gasteiger charge is 2.45. The lowest BCUT2D eigenvalue weighted by Crippen LogP contribution is -2.42. The first-order valence-corrected chi connectivity index (χ1v) is 19.3. The van der Waals surface area contributed by atoms with Crippen LogP contribution in [0.1, 0.15) is 57.1 Å². The molecule has 1 unspecified atom stereocenters. The van der Waals surface area contributed by atoms with Gasteiger partial charge in [-0.2, -0.15) is 5.26 Å². The Bertz CT molecular complexity index is 2740. The second-order valence-corrected chi connectivity index (χ2v) is 16.1. The van der Waals surface area contributed by atoms with Gasteiger partial charge >= 0.3 is 0 Å². The summed E-state index contributed by atoms with van der Waals surface area (Å²) in [5.74, 6) is 4.23. The van der Waals surface area contributed by atoms with Gasteiger partial charge in [-0.3, -0.25) is 0 Å². The fourth-order valence-corrected chi connectivity index (χ4v) is 10.2. The van der Waals surface area contributed by atoms with Crippen molar-refractivity contribution in [1.82, 2.24) is 19.5 Å². The molecule has 54 heavy (non-hydrogen) atoms. The first-order valence-electron chi connectivity index (χ1n) is 19.3. The molecule has 10 rings (SSSR count). The molecule has 2 aromatic heterocycles. The molecule has 2 aliphatic rings. The Balaban J connectivity index is 1.14. The zero-order valence-electron chi connectivity index (χ0n) is 30.7. The van der Waals surface area contributed by atoms with Gasteiger partial charge in [0.2, 0.25) is 0 Å². The van der Waals surface area contributed by atoms with Gasteiger partial charge in [0.25, 0.3) is 0 Å². The summed E-state index contributed by atoms with van der Waals surface area (Å²) in [7, 11) is 0. The van der Waals surface area contributed by atoms with Gasteiger partial charge in [-0.1, -0.05) is 111 Å². The van der Waals surface area contributed by atoms with Gasteiger partial charge in [-0.05, 0) is 108 Å². The summed E-state index contributed by atoms with van der Waals surface area (Å²) in [5.41, 5.74) is 8.33. The molecule has 2 bridgehead atoms. The first-order chi connectivity index (χ1) is 26.4. The Kier molecular flexibility index (Phi) is 7.70. The van der Waals surface area contributed by atoms with E-state index >= 15 is 0 Å². The fraction of sp³-hybridized carbons (Fsp3) is 0.224. The largest absolute Gasteiger partial charge is 0.309 e. The number of aromatic nitrogens is 4. The SMILES string of the molecule is C[C@@H]1C[C@@H]2C[C@H](C)CC(c3ccc(-n4c5cc(C#N)ccc5c5ccc(-c6nc(-c7ccccc7)nc(-c7ccc8ccccc8c7)n6)cc54)cc3)(C1)C2. The zero-order chi connectivity index (χ0) is 36.4. The Hall–Kier alpha value is -6.12. The average molecular weight is 700 g/mol. The van der Waals surface area contributed by atoms with Gasteiger partial charge in [0.05, 0.1) is 22.7 Å². The quantitative estimate of drug-likeness (QED) is 0.179. The van der Waals surface area contributed by atoms with Gasteiger partial charge in [-0.25, -0.2) is 15.0 Å². The van der Waals surface area contributed by atoms with E-state index in [1.54, 1.807) is 0 Å². The normalized spacial score (nSPS) is 21.0. The maximum atomic E-state index is 9.95. The predicted molar refractivity (Wildman–Crippen MR) is 219 cm³/mol. The van der Waals surface area contributed by atoms with Gasteiger partial charge in [0.15, 0.2) is 17.5 Å². The number of hydrogen-bond acceptors (Lipinski definition) is 4. The van der Waals surface area contributed by atoms with Crippen LogP contribution in [0.25, 0.3) is 72.4 Å². The summed E-state index contributed by atoms with van der Waals surface area (Å²) in [5, 5.41) is 14.5. The standard InChI is InChI=1S/C49H41N5/c1-31-22-34-23-32(2)28-49(27-31,29-34)40-16-18-41(19-17-40)54-44-24-33(30-50)12-20-42(44)43-21-15-39(26-45(43)54)48-52-46(36-9-4-3-5-10-36)51-47(53-48)38-14-13-35-8-6-7-11-37(35)25-38/h3-21,24-26,31-32,34H,22-23,27-29H2,1-2H3/t31-,32+,34-,49?. The average Bonchev–Trinajstić information content (AvgIpc) is 3.53. The van der Waals surface area contributed by atoms with Crippen LogP contribution in [-0.4, -0.2) is 19.5 Å². The van der Waals surface area contributed by atoms with Crippen LogP contribution in [0.2, 0.25) is 0 Å². The minimum Gasteiger partial charge on any atom is -0.309 e. The Labute approximate surface area is 316 Å². The molecule has 0 saturated heterocycles. The monoisotopic (exact) mass is 699 g/mol. The molecule has 4 atom stereocenters. The summed E-state index contributed by atoms with van der Waals surface area (Å²) in [6.45, 7) is 4.90. The van der Waals surface area contributed by atoms with E-state index < -0.39 is 0 Å². The van der Waals surface area contributed by atoms with Gasteiger partial charge in [0.1, 0.15) is 0 Å². The summed E-state index contributed by atoms with van der Waals surface area (Å²) in [6.07, 6.45) is 6.59. The maximum Gasteiger partial charge on any atom is 0.164 e. The van der Waals surface area contributed by atoms with E-state index in [9.17, 15) is 5.26 Å². The first kappa shape index (κ1) is 32.5. The van der Waals surface area contributed by atoms with Crippen LogP contribution in [0.15, 0.2) is 133 Å². The highest BCUT2D eigenvalue weighted by Crippen LogP contribution is 2.54. The van der Waals surface area contributed by atoms with E-state index in [0.717, 1.165) is 67.3 Å². The Morgan fingerprint density at radius 1 is 0.574 bits per heavy atom. The highest BCUT2D eigenvalue weighted by atomic mass is 15.0. The molecule has 0 aliphatic heterocycles. The Morgan fingerprint density at radius 3 is 1.87 bits per heavy atom. The molecular formula is C49H41N5. The maximum absolute atomic E-state index is 9.95. The Morgan fingerprint density at radius 2 is 1.17 bits per heavy atom. The zero-order valence-corrected chi connectivity index (χ0v) is 30.7. The predicted octanol–water partition coefficient (Wildman–Crippen LogP) is 12.1. The molecule has 2 saturated carbocycles. The number of fused-ring (bicyclic) bond motifs is 6. The van der Waals surface area contributed by atoms with Crippen molar-refractivity contribution in [2.45, 2.75) is 51.4 Å². The lowest BCUT2D eigenvalue weighted by atomic mass is 9.54. The van der Waals surface area contributed by atoms with Crippen LogP contribution in [-0.2, 0) is 5.41 Å². The highest BCUT2D eigenvalue weighted by molar-refractivity contribution is 6.10. The third kappa shape index (κ3) is 5.56. The molecule has 2 aliphatic carbocycles. The summed E-state index contributed by atoms with van der Waals surface area (Å²) < 4.78 is 2.32. The van der Waals surface area contributed by atoms with Crippen LogP contribution in [0.3, 0.4) is 0 Å². The van der Waals surface area contributed by atoms with E-state index in [4.69, 9.17) is 15.0 Å². The molecule has 0 N–H and O–H groups in total. The summed E-state index contributed by atoms with van der Waals surface area (Å²) >= 11 is 0. The molecule has 262 valence electrons.